The van der Waals surface area contributed by atoms with Gasteiger partial charge in [0.1, 0.15) is 0 Å². The van der Waals surface area contributed by atoms with Gasteiger partial charge in [0.05, 0.1) is 31.4 Å². The highest BCUT2D eigenvalue weighted by Crippen LogP contribution is 2.36. The molecule has 2 aromatic carbocycles. The Morgan fingerprint density at radius 3 is 2.29 bits per heavy atom. The summed E-state index contributed by atoms with van der Waals surface area (Å²) in [6, 6.07) is 11.8. The first-order chi connectivity index (χ1) is 16.5. The molecule has 0 spiro atoms. The number of rotatable bonds is 8. The van der Waals surface area contributed by atoms with Crippen LogP contribution in [0.4, 0.5) is 18.0 Å². The predicted molar refractivity (Wildman–Crippen MR) is 130 cm³/mol. The van der Waals surface area contributed by atoms with Crippen molar-refractivity contribution in [1.29, 1.82) is 0 Å². The van der Waals surface area contributed by atoms with E-state index < -0.39 is 11.7 Å². The van der Waals surface area contributed by atoms with Crippen molar-refractivity contribution in [3.8, 4) is 11.1 Å². The molecule has 1 saturated heterocycles. The number of benzene rings is 2. The second-order valence-corrected chi connectivity index (χ2v) is 10.7. The van der Waals surface area contributed by atoms with Crippen molar-refractivity contribution >= 4 is 6.03 Å². The number of nitrogens with one attached hydrogen (secondary N) is 2. The Labute approximate surface area is 205 Å². The molecule has 4 rings (SSSR count). The number of carbonyl (C=O) groups excluding carboxylic acids is 1. The maximum absolute atomic E-state index is 13.8. The highest BCUT2D eigenvalue weighted by atomic mass is 19.4. The molecule has 2 aromatic rings. The molecule has 1 aliphatic carbocycles. The van der Waals surface area contributed by atoms with Gasteiger partial charge < -0.3 is 20.3 Å². The molecule has 2 amide bonds. The molecule has 5 nitrogen and oxygen atoms in total. The SMILES string of the molecule is CC(C)(C)NC(=O)N1CC(OCc2ccc(-c3ccc(CNCC4CC4)cc3)cc2C(F)(F)F)C1. The topological polar surface area (TPSA) is 53.6 Å². The van der Waals surface area contributed by atoms with Crippen LogP contribution in [0.2, 0.25) is 0 Å². The van der Waals surface area contributed by atoms with Crippen LogP contribution in [-0.4, -0.2) is 42.2 Å². The van der Waals surface area contributed by atoms with Crippen LogP contribution < -0.4 is 10.6 Å². The van der Waals surface area contributed by atoms with E-state index in [9.17, 15) is 18.0 Å². The van der Waals surface area contributed by atoms with Crippen molar-refractivity contribution in [3.63, 3.8) is 0 Å². The molecule has 1 saturated carbocycles. The molecular formula is C27H34F3N3O2. The fraction of sp³-hybridized carbons (Fsp3) is 0.519. The molecule has 0 bridgehead atoms. The Kier molecular flexibility index (Phi) is 7.43. The van der Waals surface area contributed by atoms with Crippen LogP contribution in [0.25, 0.3) is 11.1 Å². The van der Waals surface area contributed by atoms with E-state index in [1.807, 2.05) is 45.0 Å². The zero-order valence-corrected chi connectivity index (χ0v) is 20.5. The molecule has 0 unspecified atom stereocenters. The molecular weight excluding hydrogens is 455 g/mol. The number of ether oxygens (including phenoxy) is 1. The Morgan fingerprint density at radius 2 is 1.69 bits per heavy atom. The summed E-state index contributed by atoms with van der Waals surface area (Å²) in [4.78, 5) is 13.7. The molecule has 1 aliphatic heterocycles. The van der Waals surface area contributed by atoms with E-state index in [0.29, 0.717) is 18.7 Å². The standard InChI is InChI=1S/C27H34F3N3O2/c1-26(2,3)32-25(34)33-15-23(16-33)35-17-22-11-10-21(12-24(22)27(28,29)30)20-8-6-19(7-9-20)14-31-13-18-4-5-18/h6-12,18,23,31H,4-5,13-17H2,1-3H3,(H,32,34). The second-order valence-electron chi connectivity index (χ2n) is 10.7. The number of nitrogens with zero attached hydrogens (tertiary/aromatic N) is 1. The van der Waals surface area contributed by atoms with Crippen LogP contribution in [0.15, 0.2) is 42.5 Å². The third kappa shape index (κ3) is 7.21. The van der Waals surface area contributed by atoms with Crippen LogP contribution in [0.1, 0.15) is 50.3 Å². The first kappa shape index (κ1) is 25.5. The maximum Gasteiger partial charge on any atom is 0.416 e. The lowest BCUT2D eigenvalue weighted by molar-refractivity contribution is -0.139. The first-order valence-electron chi connectivity index (χ1n) is 12.2. The molecule has 2 aliphatic rings. The number of urea groups is 1. The van der Waals surface area contributed by atoms with Gasteiger partial charge >= 0.3 is 12.2 Å². The minimum Gasteiger partial charge on any atom is -0.370 e. The zero-order chi connectivity index (χ0) is 25.2. The summed E-state index contributed by atoms with van der Waals surface area (Å²) in [5, 5.41) is 6.29. The van der Waals surface area contributed by atoms with Gasteiger partial charge in [0, 0.05) is 12.1 Å². The van der Waals surface area contributed by atoms with Crippen molar-refractivity contribution in [2.45, 2.75) is 64.6 Å². The molecule has 0 atom stereocenters. The van der Waals surface area contributed by atoms with Gasteiger partial charge in [-0.1, -0.05) is 36.4 Å². The molecule has 1 heterocycles. The number of alkyl halides is 3. The minimum atomic E-state index is -4.49. The second kappa shape index (κ2) is 10.2. The maximum atomic E-state index is 13.8. The van der Waals surface area contributed by atoms with Crippen molar-refractivity contribution in [1.82, 2.24) is 15.5 Å². The van der Waals surface area contributed by atoms with Gasteiger partial charge in [-0.15, -0.1) is 0 Å². The molecule has 190 valence electrons. The summed E-state index contributed by atoms with van der Waals surface area (Å²) >= 11 is 0. The summed E-state index contributed by atoms with van der Waals surface area (Å²) < 4.78 is 47.2. The van der Waals surface area contributed by atoms with Gasteiger partial charge in [0.25, 0.3) is 0 Å². The Bertz CT molecular complexity index is 1020. The van der Waals surface area contributed by atoms with E-state index in [0.717, 1.165) is 30.1 Å². The number of likely N-dealkylation sites (tertiary alicyclic amines) is 1. The average Bonchev–Trinajstić information content (AvgIpc) is 3.56. The highest BCUT2D eigenvalue weighted by Gasteiger charge is 2.36. The van der Waals surface area contributed by atoms with E-state index in [1.165, 1.54) is 25.0 Å². The van der Waals surface area contributed by atoms with Gasteiger partial charge in [-0.2, -0.15) is 13.2 Å². The number of hydrogen-bond acceptors (Lipinski definition) is 3. The summed E-state index contributed by atoms with van der Waals surface area (Å²) in [7, 11) is 0. The van der Waals surface area contributed by atoms with Gasteiger partial charge in [-0.3, -0.25) is 0 Å². The molecule has 0 aromatic heterocycles. The van der Waals surface area contributed by atoms with E-state index >= 15 is 0 Å². The summed E-state index contributed by atoms with van der Waals surface area (Å²) in [5.74, 6) is 0.800. The van der Waals surface area contributed by atoms with E-state index in [-0.39, 0.29) is 29.8 Å². The van der Waals surface area contributed by atoms with Crippen LogP contribution in [-0.2, 0) is 24.1 Å². The van der Waals surface area contributed by atoms with Gasteiger partial charge in [0.15, 0.2) is 0 Å². The minimum absolute atomic E-state index is 0.0970. The van der Waals surface area contributed by atoms with Crippen LogP contribution >= 0.6 is 0 Å². The fourth-order valence-electron chi connectivity index (χ4n) is 4.02. The Balaban J connectivity index is 1.35. The molecule has 35 heavy (non-hydrogen) atoms. The monoisotopic (exact) mass is 489 g/mol. The van der Waals surface area contributed by atoms with Gasteiger partial charge in [-0.05, 0) is 74.4 Å². The summed E-state index contributed by atoms with van der Waals surface area (Å²) in [6.45, 7) is 8.03. The molecule has 2 N–H and O–H groups in total. The average molecular weight is 490 g/mol. The van der Waals surface area contributed by atoms with Crippen molar-refractivity contribution in [2.24, 2.45) is 5.92 Å². The summed E-state index contributed by atoms with van der Waals surface area (Å²) in [6.07, 6.45) is -2.17. The van der Waals surface area contributed by atoms with Gasteiger partial charge in [-0.25, -0.2) is 4.79 Å². The van der Waals surface area contributed by atoms with Crippen molar-refractivity contribution in [3.05, 3.63) is 59.2 Å². The van der Waals surface area contributed by atoms with Gasteiger partial charge in [0.2, 0.25) is 0 Å². The summed E-state index contributed by atoms with van der Waals surface area (Å²) in [5.41, 5.74) is 1.44. The zero-order valence-electron chi connectivity index (χ0n) is 20.5. The quantitative estimate of drug-likeness (QED) is 0.509. The number of amides is 2. The molecule has 0 radical (unpaired) electrons. The van der Waals surface area contributed by atoms with E-state index in [1.54, 1.807) is 11.0 Å². The highest BCUT2D eigenvalue weighted by molar-refractivity contribution is 5.75. The third-order valence-electron chi connectivity index (χ3n) is 6.25. The molecule has 8 heteroatoms. The van der Waals surface area contributed by atoms with Crippen molar-refractivity contribution in [2.75, 3.05) is 19.6 Å². The Hall–Kier alpha value is -2.58. The van der Waals surface area contributed by atoms with Crippen LogP contribution in [0, 0.1) is 5.92 Å². The first-order valence-corrected chi connectivity index (χ1v) is 12.2. The Morgan fingerprint density at radius 1 is 1.03 bits per heavy atom. The van der Waals surface area contributed by atoms with Crippen LogP contribution in [0.5, 0.6) is 0 Å². The fourth-order valence-corrected chi connectivity index (χ4v) is 4.02. The lowest BCUT2D eigenvalue weighted by Crippen LogP contribution is -2.60. The molecule has 2 fully saturated rings. The van der Waals surface area contributed by atoms with Crippen LogP contribution in [0.3, 0.4) is 0 Å². The van der Waals surface area contributed by atoms with Crippen molar-refractivity contribution < 1.29 is 22.7 Å². The smallest absolute Gasteiger partial charge is 0.370 e. The van der Waals surface area contributed by atoms with E-state index in [2.05, 4.69) is 10.6 Å². The lowest BCUT2D eigenvalue weighted by atomic mass is 9.98. The predicted octanol–water partition coefficient (Wildman–Crippen LogP) is 5.58. The normalized spacial score (nSPS) is 16.8. The largest absolute Gasteiger partial charge is 0.416 e. The number of halogens is 3. The number of carbonyl (C=O) groups is 1. The third-order valence-corrected chi connectivity index (χ3v) is 6.25. The van der Waals surface area contributed by atoms with E-state index in [4.69, 9.17) is 4.74 Å². The number of hydrogen-bond donors (Lipinski definition) is 2. The lowest BCUT2D eigenvalue weighted by Gasteiger charge is -2.40.